The molecule has 29 heavy (non-hydrogen) atoms. The summed E-state index contributed by atoms with van der Waals surface area (Å²) >= 11 is 1.53. The minimum Gasteiger partial charge on any atom is -0.445 e. The molecule has 1 aromatic heterocycles. The van der Waals surface area contributed by atoms with Gasteiger partial charge in [-0.25, -0.2) is 18.2 Å². The van der Waals surface area contributed by atoms with Gasteiger partial charge in [-0.2, -0.15) is 0 Å². The second-order valence-electron chi connectivity index (χ2n) is 6.90. The van der Waals surface area contributed by atoms with Gasteiger partial charge >= 0.3 is 6.09 Å². The first-order chi connectivity index (χ1) is 13.9. The number of benzene rings is 2. The smallest absolute Gasteiger partial charge is 0.410 e. The van der Waals surface area contributed by atoms with Gasteiger partial charge in [-0.05, 0) is 17.7 Å². The Hall–Kier alpha value is -2.71. The van der Waals surface area contributed by atoms with Crippen LogP contribution in [0.5, 0.6) is 0 Å². The predicted octanol–water partition coefficient (Wildman–Crippen LogP) is 3.91. The summed E-state index contributed by atoms with van der Waals surface area (Å²) in [6.45, 7) is 1.29. The van der Waals surface area contributed by atoms with Crippen LogP contribution in [-0.4, -0.2) is 37.2 Å². The fourth-order valence-electron chi connectivity index (χ4n) is 3.13. The second kappa shape index (κ2) is 7.96. The van der Waals surface area contributed by atoms with Crippen LogP contribution < -0.4 is 0 Å². The minimum atomic E-state index is -3.22. The number of aromatic nitrogens is 1. The Bertz CT molecular complexity index is 1120. The average Bonchev–Trinajstić information content (AvgIpc) is 3.15. The Kier molecular flexibility index (Phi) is 5.38. The van der Waals surface area contributed by atoms with E-state index < -0.39 is 9.84 Å². The molecule has 0 aliphatic carbocycles. The SMILES string of the molecule is CS(=O)(=O)c1ccc(-c2nc3c(s2)CN(C(=O)OCc2ccccc2)CC3)cc1. The molecule has 150 valence electrons. The van der Waals surface area contributed by atoms with Crippen molar-refractivity contribution in [2.45, 2.75) is 24.5 Å². The Labute approximate surface area is 173 Å². The number of carbonyl (C=O) groups is 1. The average molecular weight is 429 g/mol. The van der Waals surface area contributed by atoms with Crippen LogP contribution in [0.15, 0.2) is 59.5 Å². The van der Waals surface area contributed by atoms with Crippen LogP contribution >= 0.6 is 11.3 Å². The van der Waals surface area contributed by atoms with Crippen molar-refractivity contribution in [2.24, 2.45) is 0 Å². The molecule has 2 aromatic carbocycles. The number of hydrogen-bond donors (Lipinski definition) is 0. The Balaban J connectivity index is 1.44. The van der Waals surface area contributed by atoms with Crippen LogP contribution in [0.1, 0.15) is 16.1 Å². The van der Waals surface area contributed by atoms with Crippen molar-refractivity contribution in [3.05, 3.63) is 70.7 Å². The highest BCUT2D eigenvalue weighted by molar-refractivity contribution is 7.90. The molecule has 0 atom stereocenters. The standard InChI is InChI=1S/C21H20N2O4S2/c1-29(25,26)17-9-7-16(8-10-17)20-22-18-11-12-23(13-19(18)28-20)21(24)27-14-15-5-3-2-4-6-15/h2-10H,11-14H2,1H3. The molecule has 1 aliphatic rings. The van der Waals surface area contributed by atoms with E-state index in [1.165, 1.54) is 17.6 Å². The molecule has 0 bridgehead atoms. The lowest BCUT2D eigenvalue weighted by Gasteiger charge is -2.25. The van der Waals surface area contributed by atoms with Crippen LogP contribution in [0, 0.1) is 0 Å². The number of sulfone groups is 1. The molecule has 0 saturated heterocycles. The number of amides is 1. The third-order valence-electron chi connectivity index (χ3n) is 4.72. The third-order valence-corrected chi connectivity index (χ3v) is 6.98. The molecule has 0 saturated carbocycles. The van der Waals surface area contributed by atoms with Gasteiger partial charge < -0.3 is 9.64 Å². The van der Waals surface area contributed by atoms with Crippen molar-refractivity contribution in [1.29, 1.82) is 0 Å². The van der Waals surface area contributed by atoms with E-state index >= 15 is 0 Å². The quantitative estimate of drug-likeness (QED) is 0.630. The molecule has 0 N–H and O–H groups in total. The third kappa shape index (κ3) is 4.49. The number of thiazole rings is 1. The van der Waals surface area contributed by atoms with Crippen molar-refractivity contribution in [3.8, 4) is 10.6 Å². The number of nitrogens with zero attached hydrogens (tertiary/aromatic N) is 2. The van der Waals surface area contributed by atoms with E-state index in [0.29, 0.717) is 19.5 Å². The maximum absolute atomic E-state index is 12.4. The minimum absolute atomic E-state index is 0.254. The van der Waals surface area contributed by atoms with E-state index in [1.807, 2.05) is 30.3 Å². The molecule has 6 nitrogen and oxygen atoms in total. The fraction of sp³-hybridized carbons (Fsp3) is 0.238. The number of ether oxygens (including phenoxy) is 1. The molecule has 4 rings (SSSR count). The van der Waals surface area contributed by atoms with Gasteiger partial charge in [0, 0.05) is 29.7 Å². The van der Waals surface area contributed by atoms with Gasteiger partial charge in [-0.15, -0.1) is 11.3 Å². The lowest BCUT2D eigenvalue weighted by Crippen LogP contribution is -2.35. The van der Waals surface area contributed by atoms with E-state index in [-0.39, 0.29) is 17.6 Å². The summed E-state index contributed by atoms with van der Waals surface area (Å²) in [7, 11) is -3.22. The van der Waals surface area contributed by atoms with Gasteiger partial charge in [0.05, 0.1) is 17.1 Å². The normalized spacial score (nSPS) is 13.8. The summed E-state index contributed by atoms with van der Waals surface area (Å²) in [5.74, 6) is 0. The van der Waals surface area contributed by atoms with Crippen molar-refractivity contribution < 1.29 is 17.9 Å². The van der Waals surface area contributed by atoms with Crippen LogP contribution in [-0.2, 0) is 34.1 Å². The lowest BCUT2D eigenvalue weighted by molar-refractivity contribution is 0.0921. The summed E-state index contributed by atoms with van der Waals surface area (Å²) in [5, 5.41) is 0.828. The molecule has 0 unspecified atom stereocenters. The first kappa shape index (κ1) is 19.6. The van der Waals surface area contributed by atoms with E-state index in [4.69, 9.17) is 9.72 Å². The monoisotopic (exact) mass is 428 g/mol. The molecule has 0 fully saturated rings. The number of rotatable bonds is 4. The van der Waals surface area contributed by atoms with Crippen molar-refractivity contribution in [2.75, 3.05) is 12.8 Å². The number of hydrogen-bond acceptors (Lipinski definition) is 6. The molecule has 0 spiro atoms. The van der Waals surface area contributed by atoms with Crippen molar-refractivity contribution >= 4 is 27.3 Å². The van der Waals surface area contributed by atoms with Gasteiger partial charge in [0.15, 0.2) is 9.84 Å². The highest BCUT2D eigenvalue weighted by Crippen LogP contribution is 2.32. The van der Waals surface area contributed by atoms with Gasteiger partial charge in [0.2, 0.25) is 0 Å². The van der Waals surface area contributed by atoms with Gasteiger partial charge in [-0.3, -0.25) is 0 Å². The summed E-state index contributed by atoms with van der Waals surface area (Å²) in [6.07, 6.45) is 1.54. The Morgan fingerprint density at radius 1 is 1.14 bits per heavy atom. The molecule has 3 aromatic rings. The van der Waals surface area contributed by atoms with Crippen molar-refractivity contribution in [1.82, 2.24) is 9.88 Å². The first-order valence-corrected chi connectivity index (χ1v) is 11.9. The lowest BCUT2D eigenvalue weighted by atomic mass is 10.2. The summed E-state index contributed by atoms with van der Waals surface area (Å²) in [6, 6.07) is 16.3. The zero-order valence-corrected chi connectivity index (χ0v) is 17.5. The Morgan fingerprint density at radius 3 is 2.55 bits per heavy atom. The summed E-state index contributed by atoms with van der Waals surface area (Å²) in [4.78, 5) is 20.1. The van der Waals surface area contributed by atoms with Gasteiger partial charge in [-0.1, -0.05) is 42.5 Å². The van der Waals surface area contributed by atoms with Crippen LogP contribution in [0.3, 0.4) is 0 Å². The van der Waals surface area contributed by atoms with Crippen LogP contribution in [0.2, 0.25) is 0 Å². The van der Waals surface area contributed by atoms with Crippen LogP contribution in [0.4, 0.5) is 4.79 Å². The van der Waals surface area contributed by atoms with E-state index in [1.54, 1.807) is 29.2 Å². The summed E-state index contributed by atoms with van der Waals surface area (Å²) in [5.41, 5.74) is 2.82. The van der Waals surface area contributed by atoms with E-state index in [0.717, 1.165) is 26.7 Å². The Morgan fingerprint density at radius 2 is 1.86 bits per heavy atom. The first-order valence-electron chi connectivity index (χ1n) is 9.15. The largest absolute Gasteiger partial charge is 0.445 e. The fourth-order valence-corrected chi connectivity index (χ4v) is 4.89. The van der Waals surface area contributed by atoms with Crippen LogP contribution in [0.25, 0.3) is 10.6 Å². The molecule has 0 radical (unpaired) electrons. The van der Waals surface area contributed by atoms with E-state index in [9.17, 15) is 13.2 Å². The topological polar surface area (TPSA) is 76.6 Å². The van der Waals surface area contributed by atoms with Crippen molar-refractivity contribution in [3.63, 3.8) is 0 Å². The number of fused-ring (bicyclic) bond motifs is 1. The highest BCUT2D eigenvalue weighted by atomic mass is 32.2. The molecule has 1 amide bonds. The zero-order valence-electron chi connectivity index (χ0n) is 15.9. The zero-order chi connectivity index (χ0) is 20.4. The molecule has 1 aliphatic heterocycles. The molecular formula is C21H20N2O4S2. The van der Waals surface area contributed by atoms with Gasteiger partial charge in [0.25, 0.3) is 0 Å². The number of carbonyl (C=O) groups excluding carboxylic acids is 1. The maximum Gasteiger partial charge on any atom is 0.410 e. The predicted molar refractivity (Wildman–Crippen MR) is 111 cm³/mol. The van der Waals surface area contributed by atoms with E-state index in [2.05, 4.69) is 0 Å². The molecular weight excluding hydrogens is 408 g/mol. The molecule has 2 heterocycles. The van der Waals surface area contributed by atoms with Gasteiger partial charge in [0.1, 0.15) is 11.6 Å². The second-order valence-corrected chi connectivity index (χ2v) is 10.00. The maximum atomic E-state index is 12.4. The highest BCUT2D eigenvalue weighted by Gasteiger charge is 2.25. The summed E-state index contributed by atoms with van der Waals surface area (Å²) < 4.78 is 28.7. The molecule has 8 heteroatoms.